The Kier molecular flexibility index (Phi) is 5.23. The molecule has 1 atom stereocenters. The molecule has 0 aliphatic rings. The van der Waals surface area contributed by atoms with Gasteiger partial charge in [0.2, 0.25) is 0 Å². The molecule has 0 aliphatic carbocycles. The molecular weight excluding hydrogens is 268 g/mol. The van der Waals surface area contributed by atoms with Gasteiger partial charge in [-0.25, -0.2) is 8.42 Å². The lowest BCUT2D eigenvalue weighted by molar-refractivity contribution is 0.554. The largest absolute Gasteiger partial charge is 0.228 e. The van der Waals surface area contributed by atoms with Crippen molar-refractivity contribution in [2.24, 2.45) is 0 Å². The Morgan fingerprint density at radius 1 is 1.17 bits per heavy atom. The molecule has 4 heteroatoms. The lowest BCUT2D eigenvalue weighted by Gasteiger charge is -2.21. The molecule has 0 saturated carbocycles. The van der Waals surface area contributed by atoms with Gasteiger partial charge in [-0.05, 0) is 38.7 Å². The summed E-state index contributed by atoms with van der Waals surface area (Å²) in [6, 6.07) is 9.84. The molecule has 1 unspecified atom stereocenters. The highest BCUT2D eigenvalue weighted by Gasteiger charge is 2.29. The van der Waals surface area contributed by atoms with E-state index in [9.17, 15) is 8.42 Å². The van der Waals surface area contributed by atoms with Crippen LogP contribution in [0.2, 0.25) is 0 Å². The second kappa shape index (κ2) is 6.07. The topological polar surface area (TPSA) is 34.1 Å². The van der Waals surface area contributed by atoms with Crippen molar-refractivity contribution < 1.29 is 8.42 Å². The molecule has 0 fully saturated rings. The van der Waals surface area contributed by atoms with E-state index in [2.05, 4.69) is 0 Å². The molecule has 1 rings (SSSR count). The van der Waals surface area contributed by atoms with Crippen LogP contribution in [0.5, 0.6) is 0 Å². The molecule has 0 saturated heterocycles. The summed E-state index contributed by atoms with van der Waals surface area (Å²) in [4.78, 5) is 0. The van der Waals surface area contributed by atoms with Crippen LogP contribution in [0.15, 0.2) is 30.3 Å². The van der Waals surface area contributed by atoms with E-state index >= 15 is 0 Å². The third kappa shape index (κ3) is 3.99. The Balaban J connectivity index is 2.73. The highest BCUT2D eigenvalue weighted by molar-refractivity contribution is 7.92. The van der Waals surface area contributed by atoms with Gasteiger partial charge in [0.05, 0.1) is 10.5 Å². The number of hydrogen-bond acceptors (Lipinski definition) is 2. The Morgan fingerprint density at radius 3 is 2.17 bits per heavy atom. The van der Waals surface area contributed by atoms with Crippen LogP contribution in [0.4, 0.5) is 0 Å². The molecule has 0 spiro atoms. The average Bonchev–Trinajstić information content (AvgIpc) is 2.29. The van der Waals surface area contributed by atoms with E-state index in [-0.39, 0.29) is 11.7 Å². The van der Waals surface area contributed by atoms with Gasteiger partial charge < -0.3 is 0 Å². The molecule has 1 aromatic carbocycles. The van der Waals surface area contributed by atoms with Crippen molar-refractivity contribution in [3.05, 3.63) is 35.9 Å². The van der Waals surface area contributed by atoms with E-state index in [4.69, 9.17) is 11.6 Å². The van der Waals surface area contributed by atoms with Gasteiger partial charge in [0.1, 0.15) is 0 Å². The summed E-state index contributed by atoms with van der Waals surface area (Å²) < 4.78 is 23.4. The van der Waals surface area contributed by atoms with Gasteiger partial charge in [0.25, 0.3) is 0 Å². The number of benzene rings is 1. The summed E-state index contributed by atoms with van der Waals surface area (Å²) in [5.74, 6) is 0.733. The second-order valence-electron chi connectivity index (χ2n) is 5.48. The number of sulfone groups is 1. The third-order valence-corrected chi connectivity index (χ3v) is 6.14. The summed E-state index contributed by atoms with van der Waals surface area (Å²) in [7, 11) is -3.07. The van der Waals surface area contributed by atoms with Crippen molar-refractivity contribution in [1.82, 2.24) is 0 Å². The van der Waals surface area contributed by atoms with Crippen LogP contribution in [-0.4, -0.2) is 24.8 Å². The van der Waals surface area contributed by atoms with E-state index in [0.717, 1.165) is 5.56 Å². The fourth-order valence-electron chi connectivity index (χ4n) is 1.66. The maximum atomic E-state index is 12.1. The molecule has 18 heavy (non-hydrogen) atoms. The molecule has 0 heterocycles. The standard InChI is InChI=1S/C14H21ClO2S/c1-14(2,3)18(16,17)10-9-13(11-15)12-7-5-4-6-8-12/h4-8,13H,9-11H2,1-3H3. The molecule has 0 aliphatic heterocycles. The van der Waals surface area contributed by atoms with Gasteiger partial charge in [0.15, 0.2) is 9.84 Å². The van der Waals surface area contributed by atoms with Gasteiger partial charge in [-0.15, -0.1) is 11.6 Å². The van der Waals surface area contributed by atoms with Crippen LogP contribution >= 0.6 is 11.6 Å². The van der Waals surface area contributed by atoms with Gasteiger partial charge in [-0.2, -0.15) is 0 Å². The van der Waals surface area contributed by atoms with Crippen molar-refractivity contribution in [2.45, 2.75) is 37.9 Å². The van der Waals surface area contributed by atoms with Crippen LogP contribution in [-0.2, 0) is 9.84 Å². The maximum Gasteiger partial charge on any atom is 0.155 e. The molecule has 0 radical (unpaired) electrons. The van der Waals surface area contributed by atoms with Crippen LogP contribution in [0.25, 0.3) is 0 Å². The normalized spacial score (nSPS) is 14.4. The lowest BCUT2D eigenvalue weighted by atomic mass is 9.99. The van der Waals surface area contributed by atoms with Crippen molar-refractivity contribution in [3.63, 3.8) is 0 Å². The van der Waals surface area contributed by atoms with Crippen molar-refractivity contribution in [2.75, 3.05) is 11.6 Å². The SMILES string of the molecule is CC(C)(C)S(=O)(=O)CCC(CCl)c1ccccc1. The first-order valence-corrected chi connectivity index (χ1v) is 8.30. The molecule has 0 amide bonds. The second-order valence-corrected chi connectivity index (χ2v) is 8.65. The minimum absolute atomic E-state index is 0.102. The summed E-state index contributed by atoms with van der Waals surface area (Å²) in [5, 5.41) is 0. The van der Waals surface area contributed by atoms with Crippen LogP contribution in [0.3, 0.4) is 0 Å². The van der Waals surface area contributed by atoms with Gasteiger partial charge >= 0.3 is 0 Å². The first kappa shape index (κ1) is 15.5. The zero-order chi connectivity index (χ0) is 13.8. The minimum Gasteiger partial charge on any atom is -0.228 e. The summed E-state index contributed by atoms with van der Waals surface area (Å²) in [6.07, 6.45) is 0.577. The lowest BCUT2D eigenvalue weighted by Crippen LogP contribution is -2.31. The Hall–Kier alpha value is -0.540. The van der Waals surface area contributed by atoms with E-state index in [1.54, 1.807) is 20.8 Å². The molecular formula is C14H21ClO2S. The monoisotopic (exact) mass is 288 g/mol. The first-order valence-electron chi connectivity index (χ1n) is 6.11. The van der Waals surface area contributed by atoms with Crippen molar-refractivity contribution in [3.8, 4) is 0 Å². The Labute approximate surface area is 115 Å². The number of halogens is 1. The molecule has 0 bridgehead atoms. The predicted octanol–water partition coefficient (Wildman–Crippen LogP) is 3.61. The molecule has 102 valence electrons. The van der Waals surface area contributed by atoms with Crippen molar-refractivity contribution >= 4 is 21.4 Å². The maximum absolute atomic E-state index is 12.1. The summed E-state index contributed by atoms with van der Waals surface area (Å²) in [5.41, 5.74) is 1.11. The van der Waals surface area contributed by atoms with Gasteiger partial charge in [-0.1, -0.05) is 30.3 Å². The van der Waals surface area contributed by atoms with Crippen LogP contribution < -0.4 is 0 Å². The van der Waals surface area contributed by atoms with Gasteiger partial charge in [-0.3, -0.25) is 0 Å². The van der Waals surface area contributed by atoms with E-state index in [1.807, 2.05) is 30.3 Å². The van der Waals surface area contributed by atoms with Crippen LogP contribution in [0.1, 0.15) is 38.7 Å². The highest BCUT2D eigenvalue weighted by Crippen LogP contribution is 2.25. The fourth-order valence-corrected chi connectivity index (χ4v) is 3.20. The smallest absolute Gasteiger partial charge is 0.155 e. The van der Waals surface area contributed by atoms with E-state index < -0.39 is 14.6 Å². The minimum atomic E-state index is -3.07. The summed E-state index contributed by atoms with van der Waals surface area (Å²) >= 11 is 5.95. The third-order valence-electron chi connectivity index (χ3n) is 3.13. The van der Waals surface area contributed by atoms with Crippen molar-refractivity contribution in [1.29, 1.82) is 0 Å². The molecule has 0 N–H and O–H groups in total. The highest BCUT2D eigenvalue weighted by atomic mass is 35.5. The summed E-state index contributed by atoms with van der Waals surface area (Å²) in [6.45, 7) is 5.21. The molecule has 0 aromatic heterocycles. The van der Waals surface area contributed by atoms with E-state index in [0.29, 0.717) is 12.3 Å². The molecule has 1 aromatic rings. The van der Waals surface area contributed by atoms with Crippen LogP contribution in [0, 0.1) is 0 Å². The molecule has 2 nitrogen and oxygen atoms in total. The Morgan fingerprint density at radius 2 is 1.72 bits per heavy atom. The number of alkyl halides is 1. The zero-order valence-electron chi connectivity index (χ0n) is 11.2. The Bertz CT molecular complexity index is 460. The van der Waals surface area contributed by atoms with E-state index in [1.165, 1.54) is 0 Å². The first-order chi connectivity index (χ1) is 8.28. The average molecular weight is 289 g/mol. The number of rotatable bonds is 5. The number of hydrogen-bond donors (Lipinski definition) is 0. The zero-order valence-corrected chi connectivity index (χ0v) is 12.8. The fraction of sp³-hybridized carbons (Fsp3) is 0.571. The quantitative estimate of drug-likeness (QED) is 0.776. The predicted molar refractivity (Wildman–Crippen MR) is 78.1 cm³/mol. The van der Waals surface area contributed by atoms with Gasteiger partial charge in [0, 0.05) is 5.88 Å².